The number of Topliss-reactive ketones (excluding diaryl/α,β-unsaturated/α-hetero) is 1. The minimum atomic E-state index is -1.01. The third-order valence-corrected chi connectivity index (χ3v) is 4.25. The zero-order chi connectivity index (χ0) is 11.9. The van der Waals surface area contributed by atoms with Crippen LogP contribution in [0, 0.1) is 0 Å². The average molecular weight is 226 g/mol. The monoisotopic (exact) mass is 226 g/mol. The van der Waals surface area contributed by atoms with E-state index in [2.05, 4.69) is 32.6 Å². The molecule has 0 fully saturated rings. The minimum absolute atomic E-state index is 0.349. The summed E-state index contributed by atoms with van der Waals surface area (Å²) in [6.07, 6.45) is 6.00. The van der Waals surface area contributed by atoms with Gasteiger partial charge in [-0.2, -0.15) is 0 Å². The van der Waals surface area contributed by atoms with Crippen molar-refractivity contribution in [2.24, 2.45) is 0 Å². The number of carbonyl (C=O) groups is 1. The van der Waals surface area contributed by atoms with E-state index < -0.39 is 8.07 Å². The number of allylic oxidation sites excluding steroid dienone is 2. The van der Waals surface area contributed by atoms with Crippen molar-refractivity contribution in [1.29, 1.82) is 0 Å². The normalized spacial score (nSPS) is 13.0. The van der Waals surface area contributed by atoms with Gasteiger partial charge in [0.2, 0.25) is 0 Å². The Hall–Kier alpha value is -0.373. The predicted molar refractivity (Wildman–Crippen MR) is 71.1 cm³/mol. The minimum Gasteiger partial charge on any atom is -0.295 e. The van der Waals surface area contributed by atoms with Crippen LogP contribution in [0.1, 0.15) is 39.5 Å². The van der Waals surface area contributed by atoms with Crippen molar-refractivity contribution < 1.29 is 4.79 Å². The molecule has 0 bridgehead atoms. The molecule has 0 saturated carbocycles. The van der Waals surface area contributed by atoms with Crippen LogP contribution in [0.15, 0.2) is 11.6 Å². The molecule has 15 heavy (non-hydrogen) atoms. The van der Waals surface area contributed by atoms with E-state index in [1.54, 1.807) is 0 Å². The molecule has 0 rings (SSSR count). The number of hydrogen-bond acceptors (Lipinski definition) is 1. The van der Waals surface area contributed by atoms with Crippen LogP contribution in [0.3, 0.4) is 0 Å². The molecular weight excluding hydrogens is 200 g/mol. The van der Waals surface area contributed by atoms with Gasteiger partial charge in [-0.3, -0.25) is 4.79 Å². The second-order valence-electron chi connectivity index (χ2n) is 5.36. The topological polar surface area (TPSA) is 17.1 Å². The van der Waals surface area contributed by atoms with E-state index in [1.807, 2.05) is 6.92 Å². The second-order valence-corrected chi connectivity index (χ2v) is 11.0. The molecule has 1 nitrogen and oxygen atoms in total. The zero-order valence-electron chi connectivity index (χ0n) is 11.0. The summed E-state index contributed by atoms with van der Waals surface area (Å²) < 4.78 is 0. The molecule has 0 aromatic carbocycles. The maximum Gasteiger partial charge on any atom is 0.158 e. The maximum atomic E-state index is 11.7. The lowest BCUT2D eigenvalue weighted by molar-refractivity contribution is -0.115. The van der Waals surface area contributed by atoms with E-state index in [4.69, 9.17) is 0 Å². The predicted octanol–water partition coefficient (Wildman–Crippen LogP) is 4.42. The largest absolute Gasteiger partial charge is 0.295 e. The summed E-state index contributed by atoms with van der Waals surface area (Å²) in [4.78, 5) is 11.7. The lowest BCUT2D eigenvalue weighted by Crippen LogP contribution is -2.20. The summed E-state index contributed by atoms with van der Waals surface area (Å²) in [6, 6.07) is 1.23. The molecule has 0 saturated heterocycles. The third kappa shape index (κ3) is 7.54. The first-order valence-electron chi connectivity index (χ1n) is 6.13. The molecule has 0 aromatic rings. The van der Waals surface area contributed by atoms with Crippen LogP contribution in [0.5, 0.6) is 0 Å². The summed E-state index contributed by atoms with van der Waals surface area (Å²) >= 11 is 0. The molecule has 0 aliphatic carbocycles. The summed E-state index contributed by atoms with van der Waals surface area (Å²) in [5, 5.41) is 0. The summed E-state index contributed by atoms with van der Waals surface area (Å²) in [6.45, 7) is 11.2. The van der Waals surface area contributed by atoms with E-state index in [1.165, 1.54) is 6.04 Å². The van der Waals surface area contributed by atoms with Crippen LogP contribution in [-0.4, -0.2) is 13.9 Å². The molecule has 0 N–H and O–H groups in total. The Kier molecular flexibility index (Phi) is 6.82. The Bertz CT molecular complexity index is 223. The van der Waals surface area contributed by atoms with Gasteiger partial charge < -0.3 is 0 Å². The van der Waals surface area contributed by atoms with Crippen LogP contribution in [0.4, 0.5) is 0 Å². The van der Waals surface area contributed by atoms with E-state index in [0.717, 1.165) is 24.8 Å². The van der Waals surface area contributed by atoms with Gasteiger partial charge in [0, 0.05) is 14.5 Å². The van der Waals surface area contributed by atoms with Gasteiger partial charge in [-0.15, -0.1) is 0 Å². The first-order chi connectivity index (χ1) is 6.90. The van der Waals surface area contributed by atoms with E-state index in [9.17, 15) is 4.79 Å². The molecule has 0 atom stereocenters. The van der Waals surface area contributed by atoms with Gasteiger partial charge in [0.15, 0.2) is 5.78 Å². The lowest BCUT2D eigenvalue weighted by Gasteiger charge is -2.16. The summed E-state index contributed by atoms with van der Waals surface area (Å²) in [7, 11) is -1.01. The van der Waals surface area contributed by atoms with Crippen LogP contribution in [0.25, 0.3) is 0 Å². The van der Waals surface area contributed by atoms with Crippen molar-refractivity contribution in [2.75, 3.05) is 0 Å². The van der Waals surface area contributed by atoms with Gasteiger partial charge in [-0.05, 0) is 18.4 Å². The number of hydrogen-bond donors (Lipinski definition) is 0. The van der Waals surface area contributed by atoms with Gasteiger partial charge >= 0.3 is 0 Å². The van der Waals surface area contributed by atoms with Crippen molar-refractivity contribution in [1.82, 2.24) is 0 Å². The maximum absolute atomic E-state index is 11.7. The van der Waals surface area contributed by atoms with Gasteiger partial charge in [0.25, 0.3) is 0 Å². The van der Waals surface area contributed by atoms with Crippen LogP contribution in [0.2, 0.25) is 25.7 Å². The molecule has 0 spiro atoms. The zero-order valence-corrected chi connectivity index (χ0v) is 12.0. The van der Waals surface area contributed by atoms with Crippen LogP contribution < -0.4 is 0 Å². The fourth-order valence-corrected chi connectivity index (χ4v) is 2.43. The van der Waals surface area contributed by atoms with Crippen molar-refractivity contribution in [2.45, 2.75) is 65.2 Å². The van der Waals surface area contributed by atoms with Gasteiger partial charge in [-0.1, -0.05) is 52.0 Å². The third-order valence-electron chi connectivity index (χ3n) is 2.50. The second kappa shape index (κ2) is 6.99. The van der Waals surface area contributed by atoms with Crippen molar-refractivity contribution in [3.8, 4) is 0 Å². The number of carbonyl (C=O) groups excluding carboxylic acids is 1. The van der Waals surface area contributed by atoms with Gasteiger partial charge in [0.1, 0.15) is 0 Å². The van der Waals surface area contributed by atoms with Crippen LogP contribution in [-0.2, 0) is 4.79 Å². The van der Waals surface area contributed by atoms with E-state index in [0.29, 0.717) is 12.2 Å². The SMILES string of the molecule is CCC/C=C(/CC[Si](C)(C)C)C(=O)CC. The van der Waals surface area contributed by atoms with Crippen molar-refractivity contribution >= 4 is 13.9 Å². The standard InChI is InChI=1S/C13H26OSi/c1-6-8-9-12(13(14)7-2)10-11-15(3,4)5/h9H,6-8,10-11H2,1-5H3/b12-9-. The number of ketones is 1. The molecule has 0 unspecified atom stereocenters. The number of unbranched alkanes of at least 4 members (excludes halogenated alkanes) is 1. The Morgan fingerprint density at radius 2 is 1.80 bits per heavy atom. The van der Waals surface area contributed by atoms with Gasteiger partial charge in [-0.25, -0.2) is 0 Å². The highest BCUT2D eigenvalue weighted by Gasteiger charge is 2.15. The Labute approximate surface area is 96.0 Å². The Morgan fingerprint density at radius 3 is 2.20 bits per heavy atom. The molecule has 0 radical (unpaired) electrons. The smallest absolute Gasteiger partial charge is 0.158 e. The highest BCUT2D eigenvalue weighted by Crippen LogP contribution is 2.18. The fraction of sp³-hybridized carbons (Fsp3) is 0.769. The molecule has 0 heterocycles. The Morgan fingerprint density at radius 1 is 1.20 bits per heavy atom. The first kappa shape index (κ1) is 14.6. The Balaban J connectivity index is 4.32. The average Bonchev–Trinajstić information content (AvgIpc) is 2.15. The summed E-state index contributed by atoms with van der Waals surface area (Å²) in [5.41, 5.74) is 1.08. The van der Waals surface area contributed by atoms with E-state index >= 15 is 0 Å². The molecule has 0 aromatic heterocycles. The molecular formula is C13H26OSi. The van der Waals surface area contributed by atoms with Crippen molar-refractivity contribution in [3.63, 3.8) is 0 Å². The van der Waals surface area contributed by atoms with Gasteiger partial charge in [0.05, 0.1) is 0 Å². The highest BCUT2D eigenvalue weighted by molar-refractivity contribution is 6.76. The number of rotatable bonds is 7. The molecule has 2 heteroatoms. The molecule has 0 amide bonds. The fourth-order valence-electron chi connectivity index (χ4n) is 1.41. The summed E-state index contributed by atoms with van der Waals surface area (Å²) in [5.74, 6) is 0.349. The molecule has 88 valence electrons. The lowest BCUT2D eigenvalue weighted by atomic mass is 10.1. The van der Waals surface area contributed by atoms with Crippen LogP contribution >= 0.6 is 0 Å². The van der Waals surface area contributed by atoms with E-state index in [-0.39, 0.29) is 0 Å². The van der Waals surface area contributed by atoms with Crippen molar-refractivity contribution in [3.05, 3.63) is 11.6 Å². The highest BCUT2D eigenvalue weighted by atomic mass is 28.3. The molecule has 0 aliphatic heterocycles. The molecule has 0 aliphatic rings. The quantitative estimate of drug-likeness (QED) is 0.464. The first-order valence-corrected chi connectivity index (χ1v) is 9.83.